The van der Waals surface area contributed by atoms with Crippen LogP contribution in [0.1, 0.15) is 12.0 Å². The van der Waals surface area contributed by atoms with Crippen molar-refractivity contribution in [1.82, 2.24) is 0 Å². The summed E-state index contributed by atoms with van der Waals surface area (Å²) in [6.07, 6.45) is -0.426. The summed E-state index contributed by atoms with van der Waals surface area (Å²) in [5, 5.41) is 21.6. The van der Waals surface area contributed by atoms with Gasteiger partial charge in [-0.05, 0) is 17.7 Å². The molecule has 7 nitrogen and oxygen atoms in total. The van der Waals surface area contributed by atoms with E-state index >= 15 is 0 Å². The Morgan fingerprint density at radius 2 is 1.59 bits per heavy atom. The molecule has 1 N–H and O–H groups in total. The van der Waals surface area contributed by atoms with Crippen molar-refractivity contribution >= 4 is 50.6 Å². The Kier molecular flexibility index (Phi) is 6.72. The first-order valence-corrected chi connectivity index (χ1v) is 9.96. The van der Waals surface area contributed by atoms with Gasteiger partial charge >= 0.3 is 0 Å². The molecule has 27 heavy (non-hydrogen) atoms. The smallest absolute Gasteiger partial charge is 0.297 e. The molecule has 2 rings (SSSR count). The van der Waals surface area contributed by atoms with Crippen LogP contribution in [-0.2, 0) is 19.9 Å². The molecule has 1 unspecified atom stereocenters. The van der Waals surface area contributed by atoms with Crippen molar-refractivity contribution in [3.8, 4) is 0 Å². The molecule has 2 aromatic carbocycles. The Morgan fingerprint density at radius 1 is 1.04 bits per heavy atom. The summed E-state index contributed by atoms with van der Waals surface area (Å²) in [5.74, 6) is 0. The Morgan fingerprint density at radius 3 is 2.07 bits per heavy atom. The maximum absolute atomic E-state index is 12.4. The van der Waals surface area contributed by atoms with Crippen molar-refractivity contribution in [1.29, 1.82) is 0 Å². The highest BCUT2D eigenvalue weighted by Gasteiger charge is 2.40. The fourth-order valence-electron chi connectivity index (χ4n) is 2.29. The average Bonchev–Trinajstić information content (AvgIpc) is 2.59. The molecule has 0 spiro atoms. The molecule has 0 bridgehead atoms. The molecule has 146 valence electrons. The third-order valence-corrected chi connectivity index (χ3v) is 5.27. The lowest BCUT2D eigenvalue weighted by atomic mass is 9.92. The van der Waals surface area contributed by atoms with E-state index in [9.17, 15) is 23.6 Å². The van der Waals surface area contributed by atoms with Crippen LogP contribution in [0.3, 0.4) is 0 Å². The van der Waals surface area contributed by atoms with E-state index in [4.69, 9.17) is 39.0 Å². The van der Waals surface area contributed by atoms with Gasteiger partial charge in [0.1, 0.15) is 5.60 Å². The molecule has 0 aliphatic heterocycles. The van der Waals surface area contributed by atoms with E-state index < -0.39 is 37.5 Å². The highest BCUT2D eigenvalue weighted by Crippen LogP contribution is 2.40. The average molecular weight is 455 g/mol. The lowest BCUT2D eigenvalue weighted by Crippen LogP contribution is -2.36. The third kappa shape index (κ3) is 6.03. The quantitative estimate of drug-likeness (QED) is 0.294. The molecule has 0 aliphatic carbocycles. The molecule has 0 saturated carbocycles. The highest BCUT2D eigenvalue weighted by molar-refractivity contribution is 7.86. The number of benzene rings is 2. The number of non-ortho nitro benzene ring substituents is 1. The van der Waals surface area contributed by atoms with E-state index in [-0.39, 0.29) is 10.6 Å². The lowest BCUT2D eigenvalue weighted by molar-refractivity contribution is -0.384. The third-order valence-electron chi connectivity index (χ3n) is 3.59. The molecule has 0 amide bonds. The van der Waals surface area contributed by atoms with Crippen molar-refractivity contribution in [2.24, 2.45) is 0 Å². The SMILES string of the molecule is O=[N+]([O-])c1ccc(S(=O)(=O)OCC(O)(CC(Cl)(Cl)Cl)c2ccccc2)cc1. The van der Waals surface area contributed by atoms with E-state index in [0.29, 0.717) is 5.56 Å². The van der Waals surface area contributed by atoms with Gasteiger partial charge in [0.15, 0.2) is 3.79 Å². The summed E-state index contributed by atoms with van der Waals surface area (Å²) in [7, 11) is -4.31. The van der Waals surface area contributed by atoms with Gasteiger partial charge in [-0.15, -0.1) is 0 Å². The summed E-state index contributed by atoms with van der Waals surface area (Å²) >= 11 is 17.4. The molecule has 1 atom stereocenters. The van der Waals surface area contributed by atoms with Gasteiger partial charge in [0.25, 0.3) is 15.8 Å². The number of nitro benzene ring substituents is 1. The van der Waals surface area contributed by atoms with E-state index in [1.54, 1.807) is 18.2 Å². The first-order valence-electron chi connectivity index (χ1n) is 7.41. The minimum Gasteiger partial charge on any atom is -0.383 e. The normalized spacial score (nSPS) is 14.5. The second-order valence-corrected chi connectivity index (χ2v) is 9.79. The number of hydrogen-bond acceptors (Lipinski definition) is 6. The molecule has 0 heterocycles. The van der Waals surface area contributed by atoms with E-state index in [0.717, 1.165) is 24.3 Å². The summed E-state index contributed by atoms with van der Waals surface area (Å²) in [5.41, 5.74) is -1.87. The van der Waals surface area contributed by atoms with Crippen LogP contribution in [0.2, 0.25) is 0 Å². The van der Waals surface area contributed by atoms with Crippen LogP contribution in [0, 0.1) is 10.1 Å². The van der Waals surface area contributed by atoms with Gasteiger partial charge in [-0.2, -0.15) is 8.42 Å². The molecule has 0 fully saturated rings. The number of hydrogen-bond donors (Lipinski definition) is 1. The van der Waals surface area contributed by atoms with Crippen LogP contribution in [0.4, 0.5) is 5.69 Å². The number of nitro groups is 1. The first-order chi connectivity index (χ1) is 12.4. The van der Waals surface area contributed by atoms with Crippen molar-refractivity contribution in [3.05, 3.63) is 70.3 Å². The van der Waals surface area contributed by atoms with Gasteiger partial charge in [0.05, 0.1) is 16.4 Å². The molecule has 2 aromatic rings. The summed E-state index contributed by atoms with van der Waals surface area (Å²) < 4.78 is 27.8. The van der Waals surface area contributed by atoms with Gasteiger partial charge in [-0.25, -0.2) is 0 Å². The van der Waals surface area contributed by atoms with E-state index in [2.05, 4.69) is 0 Å². The zero-order valence-electron chi connectivity index (χ0n) is 13.6. The Labute approximate surface area is 170 Å². The van der Waals surface area contributed by atoms with Crippen LogP contribution < -0.4 is 0 Å². The fraction of sp³-hybridized carbons (Fsp3) is 0.250. The number of alkyl halides is 3. The number of halogens is 3. The minimum atomic E-state index is -4.31. The van der Waals surface area contributed by atoms with Crippen molar-refractivity contribution in [2.75, 3.05) is 6.61 Å². The monoisotopic (exact) mass is 453 g/mol. The molecular weight excluding hydrogens is 441 g/mol. The van der Waals surface area contributed by atoms with Crippen LogP contribution in [-0.4, -0.2) is 28.8 Å². The lowest BCUT2D eigenvalue weighted by Gasteiger charge is -2.31. The zero-order valence-corrected chi connectivity index (χ0v) is 16.7. The molecular formula is C16H14Cl3NO6S. The molecule has 0 aromatic heterocycles. The van der Waals surface area contributed by atoms with Crippen molar-refractivity contribution < 1.29 is 22.6 Å². The summed E-state index contributed by atoms with van der Waals surface area (Å²) in [6.45, 7) is -0.718. The standard InChI is InChI=1S/C16H14Cl3NO6S/c17-16(18,19)10-15(21,12-4-2-1-3-5-12)11-26-27(24,25)14-8-6-13(7-9-14)20(22)23/h1-9,21H,10-11H2. The van der Waals surface area contributed by atoms with Crippen LogP contribution in [0.25, 0.3) is 0 Å². The van der Waals surface area contributed by atoms with Crippen molar-refractivity contribution in [3.63, 3.8) is 0 Å². The zero-order chi connectivity index (χ0) is 20.3. The molecule has 11 heteroatoms. The number of aliphatic hydroxyl groups is 1. The van der Waals surface area contributed by atoms with Crippen LogP contribution in [0.15, 0.2) is 59.5 Å². The second kappa shape index (κ2) is 8.30. The highest BCUT2D eigenvalue weighted by atomic mass is 35.6. The van der Waals surface area contributed by atoms with E-state index in [1.165, 1.54) is 12.1 Å². The maximum atomic E-state index is 12.4. The predicted molar refractivity (Wildman–Crippen MR) is 101 cm³/mol. The van der Waals surface area contributed by atoms with Gasteiger partial charge in [0.2, 0.25) is 0 Å². The minimum absolute atomic E-state index is 0.272. The van der Waals surface area contributed by atoms with E-state index in [1.807, 2.05) is 0 Å². The van der Waals surface area contributed by atoms with Gasteiger partial charge in [-0.1, -0.05) is 65.1 Å². The first kappa shape index (κ1) is 21.9. The maximum Gasteiger partial charge on any atom is 0.297 e. The predicted octanol–water partition coefficient (Wildman–Crippen LogP) is 3.95. The second-order valence-electron chi connectivity index (χ2n) is 5.66. The van der Waals surface area contributed by atoms with Crippen LogP contribution in [0.5, 0.6) is 0 Å². The van der Waals surface area contributed by atoms with Gasteiger partial charge in [0, 0.05) is 18.6 Å². The Hall–Kier alpha value is -1.42. The topological polar surface area (TPSA) is 107 Å². The molecule has 0 aliphatic rings. The van der Waals surface area contributed by atoms with Gasteiger partial charge < -0.3 is 5.11 Å². The van der Waals surface area contributed by atoms with Gasteiger partial charge in [-0.3, -0.25) is 14.3 Å². The number of rotatable bonds is 7. The fourth-order valence-corrected chi connectivity index (χ4v) is 3.91. The largest absolute Gasteiger partial charge is 0.383 e. The summed E-state index contributed by atoms with van der Waals surface area (Å²) in [6, 6.07) is 12.2. The Balaban J connectivity index is 2.26. The molecule has 0 saturated heterocycles. The summed E-state index contributed by atoms with van der Waals surface area (Å²) in [4.78, 5) is 9.69. The number of nitrogens with zero attached hydrogens (tertiary/aromatic N) is 1. The van der Waals surface area contributed by atoms with Crippen molar-refractivity contribution in [2.45, 2.75) is 20.7 Å². The Bertz CT molecular complexity index is 900. The molecule has 0 radical (unpaired) electrons. The van der Waals surface area contributed by atoms with Crippen LogP contribution >= 0.6 is 34.8 Å².